The Morgan fingerprint density at radius 1 is 0.909 bits per heavy atom. The number of hydrogen-bond acceptors (Lipinski definition) is 1. The molecule has 0 aliphatic heterocycles. The predicted octanol–water partition coefficient (Wildman–Crippen LogP) is 6.05. The molecule has 0 bridgehead atoms. The predicted molar refractivity (Wildman–Crippen MR) is 98.9 cm³/mol. The lowest BCUT2D eigenvalue weighted by Crippen LogP contribution is -2.10. The van der Waals surface area contributed by atoms with Crippen molar-refractivity contribution in [3.8, 4) is 0 Å². The molecule has 2 aromatic carbocycles. The standard InChI is InChI=1S/C21H25N/c1-6-9-18(7-2)19-10-8-11-20(15-19)22(5)21-13-16(3)12-17(4)14-21/h6-15H,1-5H3/b9-6-,18-7+. The molecular formula is C21H25N. The van der Waals surface area contributed by atoms with Gasteiger partial charge in [-0.25, -0.2) is 0 Å². The van der Waals surface area contributed by atoms with Crippen molar-refractivity contribution in [3.05, 3.63) is 77.4 Å². The molecule has 114 valence electrons. The van der Waals surface area contributed by atoms with Gasteiger partial charge in [0.25, 0.3) is 0 Å². The fourth-order valence-electron chi connectivity index (χ4n) is 2.73. The van der Waals surface area contributed by atoms with Gasteiger partial charge in [-0.15, -0.1) is 0 Å². The molecule has 0 aliphatic carbocycles. The van der Waals surface area contributed by atoms with E-state index in [0.29, 0.717) is 0 Å². The molecule has 0 fully saturated rings. The molecule has 0 radical (unpaired) electrons. The lowest BCUT2D eigenvalue weighted by Gasteiger charge is -2.21. The summed E-state index contributed by atoms with van der Waals surface area (Å²) >= 11 is 0. The largest absolute Gasteiger partial charge is 0.345 e. The van der Waals surface area contributed by atoms with Crippen LogP contribution in [0.3, 0.4) is 0 Å². The second-order valence-electron chi connectivity index (χ2n) is 5.70. The fraction of sp³-hybridized carbons (Fsp3) is 0.238. The summed E-state index contributed by atoms with van der Waals surface area (Å²) in [7, 11) is 2.12. The van der Waals surface area contributed by atoms with Crippen LogP contribution in [0.25, 0.3) is 5.57 Å². The summed E-state index contributed by atoms with van der Waals surface area (Å²) < 4.78 is 0. The summed E-state index contributed by atoms with van der Waals surface area (Å²) in [5.74, 6) is 0. The zero-order chi connectivity index (χ0) is 16.1. The van der Waals surface area contributed by atoms with E-state index in [1.165, 1.54) is 33.6 Å². The maximum absolute atomic E-state index is 2.24. The van der Waals surface area contributed by atoms with E-state index in [1.54, 1.807) is 0 Å². The second kappa shape index (κ2) is 7.13. The van der Waals surface area contributed by atoms with Gasteiger partial charge in [-0.2, -0.15) is 0 Å². The molecule has 0 N–H and O–H groups in total. The van der Waals surface area contributed by atoms with E-state index in [1.807, 2.05) is 0 Å². The van der Waals surface area contributed by atoms with Crippen LogP contribution in [0.4, 0.5) is 11.4 Å². The van der Waals surface area contributed by atoms with Crippen LogP contribution in [0.1, 0.15) is 30.5 Å². The van der Waals surface area contributed by atoms with Gasteiger partial charge in [0.05, 0.1) is 0 Å². The van der Waals surface area contributed by atoms with E-state index >= 15 is 0 Å². The maximum Gasteiger partial charge on any atom is 0.0414 e. The first-order valence-corrected chi connectivity index (χ1v) is 7.76. The third-order valence-corrected chi connectivity index (χ3v) is 3.82. The first-order chi connectivity index (χ1) is 10.5. The number of benzene rings is 2. The third kappa shape index (κ3) is 3.67. The number of anilines is 2. The monoisotopic (exact) mass is 291 g/mol. The SMILES string of the molecule is C/C=C\C(=C/C)c1cccc(N(C)c2cc(C)cc(C)c2)c1. The van der Waals surface area contributed by atoms with Gasteiger partial charge in [-0.1, -0.05) is 36.4 Å². The normalized spacial score (nSPS) is 12.0. The van der Waals surface area contributed by atoms with E-state index in [-0.39, 0.29) is 0 Å². The van der Waals surface area contributed by atoms with Crippen molar-refractivity contribution >= 4 is 16.9 Å². The molecule has 0 atom stereocenters. The van der Waals surface area contributed by atoms with Crippen LogP contribution in [-0.4, -0.2) is 7.05 Å². The number of rotatable bonds is 4. The Bertz CT molecular complexity index is 687. The number of nitrogens with zero attached hydrogens (tertiary/aromatic N) is 1. The Morgan fingerprint density at radius 2 is 1.59 bits per heavy atom. The van der Waals surface area contributed by atoms with Gasteiger partial charge >= 0.3 is 0 Å². The molecule has 0 aliphatic rings. The quantitative estimate of drug-likeness (QED) is 0.620. The van der Waals surface area contributed by atoms with Crippen LogP contribution >= 0.6 is 0 Å². The summed E-state index contributed by atoms with van der Waals surface area (Å²) in [6, 6.07) is 15.3. The van der Waals surface area contributed by atoms with E-state index in [0.717, 1.165) is 0 Å². The minimum absolute atomic E-state index is 1.20. The molecule has 1 nitrogen and oxygen atoms in total. The highest BCUT2D eigenvalue weighted by Crippen LogP contribution is 2.28. The highest BCUT2D eigenvalue weighted by molar-refractivity contribution is 5.77. The lowest BCUT2D eigenvalue weighted by atomic mass is 10.0. The van der Waals surface area contributed by atoms with Crippen LogP contribution in [0.2, 0.25) is 0 Å². The first-order valence-electron chi connectivity index (χ1n) is 7.76. The third-order valence-electron chi connectivity index (χ3n) is 3.82. The Labute approximate surface area is 134 Å². The van der Waals surface area contributed by atoms with Crippen LogP contribution < -0.4 is 4.90 Å². The van der Waals surface area contributed by atoms with Crippen LogP contribution in [0.5, 0.6) is 0 Å². The van der Waals surface area contributed by atoms with Crippen LogP contribution in [-0.2, 0) is 0 Å². The Hall–Kier alpha value is -2.28. The average molecular weight is 291 g/mol. The van der Waals surface area contributed by atoms with Crippen molar-refractivity contribution in [3.63, 3.8) is 0 Å². The van der Waals surface area contributed by atoms with Crippen molar-refractivity contribution < 1.29 is 0 Å². The minimum Gasteiger partial charge on any atom is -0.345 e. The van der Waals surface area contributed by atoms with Gasteiger partial charge in [0, 0.05) is 18.4 Å². The molecule has 22 heavy (non-hydrogen) atoms. The minimum atomic E-state index is 1.20. The zero-order valence-electron chi connectivity index (χ0n) is 14.2. The van der Waals surface area contributed by atoms with Gasteiger partial charge in [0.2, 0.25) is 0 Å². The Balaban J connectivity index is 2.40. The maximum atomic E-state index is 2.24. The summed E-state index contributed by atoms with van der Waals surface area (Å²) in [5, 5.41) is 0. The summed E-state index contributed by atoms with van der Waals surface area (Å²) in [6.07, 6.45) is 6.38. The van der Waals surface area contributed by atoms with Crippen molar-refractivity contribution in [1.82, 2.24) is 0 Å². The van der Waals surface area contributed by atoms with Gasteiger partial charge in [-0.3, -0.25) is 0 Å². The van der Waals surface area contributed by atoms with Crippen molar-refractivity contribution in [1.29, 1.82) is 0 Å². The Kier molecular flexibility index (Phi) is 5.21. The van der Waals surface area contributed by atoms with Crippen molar-refractivity contribution in [2.45, 2.75) is 27.7 Å². The molecule has 0 unspecified atom stereocenters. The number of allylic oxidation sites excluding steroid dienone is 4. The molecule has 0 spiro atoms. The van der Waals surface area contributed by atoms with E-state index < -0.39 is 0 Å². The lowest BCUT2D eigenvalue weighted by molar-refractivity contribution is 1.19. The molecule has 2 aromatic rings. The molecular weight excluding hydrogens is 266 g/mol. The van der Waals surface area contributed by atoms with Crippen LogP contribution in [0.15, 0.2) is 60.7 Å². The molecule has 0 aromatic heterocycles. The molecule has 2 rings (SSSR count). The topological polar surface area (TPSA) is 3.24 Å². The summed E-state index contributed by atoms with van der Waals surface area (Å²) in [6.45, 7) is 8.42. The van der Waals surface area contributed by atoms with E-state index in [2.05, 4.69) is 100 Å². The summed E-state index contributed by atoms with van der Waals surface area (Å²) in [5.41, 5.74) is 7.50. The number of hydrogen-bond donors (Lipinski definition) is 0. The summed E-state index contributed by atoms with van der Waals surface area (Å²) in [4.78, 5) is 2.24. The molecule has 0 saturated carbocycles. The molecule has 0 saturated heterocycles. The van der Waals surface area contributed by atoms with Crippen molar-refractivity contribution in [2.75, 3.05) is 11.9 Å². The van der Waals surface area contributed by atoms with Gasteiger partial charge in [-0.05, 0) is 74.2 Å². The highest BCUT2D eigenvalue weighted by atomic mass is 15.1. The first kappa shape index (κ1) is 16.1. The van der Waals surface area contributed by atoms with Crippen LogP contribution in [0, 0.1) is 13.8 Å². The smallest absolute Gasteiger partial charge is 0.0414 e. The second-order valence-corrected chi connectivity index (χ2v) is 5.70. The van der Waals surface area contributed by atoms with Gasteiger partial charge in [0.1, 0.15) is 0 Å². The fourth-order valence-corrected chi connectivity index (χ4v) is 2.73. The van der Waals surface area contributed by atoms with Gasteiger partial charge in [0.15, 0.2) is 0 Å². The molecule has 0 amide bonds. The Morgan fingerprint density at radius 3 is 2.18 bits per heavy atom. The van der Waals surface area contributed by atoms with E-state index in [9.17, 15) is 0 Å². The zero-order valence-corrected chi connectivity index (χ0v) is 14.2. The number of aryl methyl sites for hydroxylation is 2. The molecule has 0 heterocycles. The van der Waals surface area contributed by atoms with Crippen molar-refractivity contribution in [2.24, 2.45) is 0 Å². The van der Waals surface area contributed by atoms with Gasteiger partial charge < -0.3 is 4.90 Å². The highest BCUT2D eigenvalue weighted by Gasteiger charge is 2.07. The molecule has 1 heteroatoms. The average Bonchev–Trinajstić information content (AvgIpc) is 2.51. The van der Waals surface area contributed by atoms with E-state index in [4.69, 9.17) is 0 Å².